The van der Waals surface area contributed by atoms with Gasteiger partial charge in [-0.3, -0.25) is 0 Å². The second kappa shape index (κ2) is 16.3. The van der Waals surface area contributed by atoms with Crippen LogP contribution in [0.25, 0.3) is 0 Å². The second-order valence-electron chi connectivity index (χ2n) is 10.1. The Labute approximate surface area is 203 Å². The third-order valence-electron chi connectivity index (χ3n) is 7.57. The largest absolute Gasteiger partial charge is 0.398 e. The van der Waals surface area contributed by atoms with Gasteiger partial charge < -0.3 is 26.6 Å². The van der Waals surface area contributed by atoms with E-state index < -0.39 is 33.8 Å². The van der Waals surface area contributed by atoms with Gasteiger partial charge in [0, 0.05) is 42.7 Å². The maximum absolute atomic E-state index is 5.67. The fraction of sp³-hybridized carbons (Fsp3) is 1.00. The fourth-order valence-electron chi connectivity index (χ4n) is 4.23. The van der Waals surface area contributed by atoms with Crippen LogP contribution in [0.3, 0.4) is 0 Å². The van der Waals surface area contributed by atoms with Crippen LogP contribution in [0.1, 0.15) is 38.5 Å². The molecule has 0 spiro atoms. The summed E-state index contributed by atoms with van der Waals surface area (Å²) in [5.74, 6) is 0. The van der Waals surface area contributed by atoms with E-state index >= 15 is 0 Å². The second-order valence-corrected chi connectivity index (χ2v) is 25.9. The Kier molecular flexibility index (Phi) is 16.6. The first-order chi connectivity index (χ1) is 15.0. The Morgan fingerprint density at radius 1 is 0.344 bits per heavy atom. The maximum atomic E-state index is 5.67. The van der Waals surface area contributed by atoms with Crippen LogP contribution in [0, 0.1) is 0 Å². The summed E-state index contributed by atoms with van der Waals surface area (Å²) in [5.41, 5.74) is 0. The molecule has 0 bridgehead atoms. The van der Waals surface area contributed by atoms with E-state index in [0.717, 1.165) is 18.1 Å². The van der Waals surface area contributed by atoms with Crippen molar-refractivity contribution in [2.24, 2.45) is 0 Å². The standard InChI is InChI=1S/C22H54O6Si4/c1-23-30(8,24-2)20-14-11-17-29(7,18-12-15-21-31(9,25-3)26-4)19-13-16-22-32(10,27-5)28-6/h11-22H2,1-10H3. The summed E-state index contributed by atoms with van der Waals surface area (Å²) in [6, 6.07) is 7.46. The molecule has 0 saturated carbocycles. The zero-order chi connectivity index (χ0) is 24.7. The minimum Gasteiger partial charge on any atom is -0.398 e. The molecule has 0 aromatic heterocycles. The van der Waals surface area contributed by atoms with Gasteiger partial charge in [0.15, 0.2) is 0 Å². The summed E-state index contributed by atoms with van der Waals surface area (Å²) in [4.78, 5) is 0. The van der Waals surface area contributed by atoms with Gasteiger partial charge in [-0.2, -0.15) is 0 Å². The highest BCUT2D eigenvalue weighted by atomic mass is 28.4. The lowest BCUT2D eigenvalue weighted by atomic mass is 10.4. The van der Waals surface area contributed by atoms with E-state index in [1.165, 1.54) is 56.7 Å². The molecule has 0 aliphatic heterocycles. The highest BCUT2D eigenvalue weighted by Gasteiger charge is 2.32. The van der Waals surface area contributed by atoms with E-state index in [1.54, 1.807) is 42.7 Å². The van der Waals surface area contributed by atoms with Crippen LogP contribution in [0.5, 0.6) is 0 Å². The molecular formula is C22H54O6Si4. The third-order valence-corrected chi connectivity index (χ3v) is 21.2. The van der Waals surface area contributed by atoms with Gasteiger partial charge in [-0.15, -0.1) is 0 Å². The molecule has 0 atom stereocenters. The van der Waals surface area contributed by atoms with Crippen LogP contribution in [-0.2, 0) is 26.6 Å². The lowest BCUT2D eigenvalue weighted by Gasteiger charge is -2.30. The highest BCUT2D eigenvalue weighted by Crippen LogP contribution is 2.31. The predicted octanol–water partition coefficient (Wildman–Crippen LogP) is 6.50. The van der Waals surface area contributed by atoms with Crippen molar-refractivity contribution < 1.29 is 26.6 Å². The van der Waals surface area contributed by atoms with Crippen LogP contribution in [0.4, 0.5) is 0 Å². The normalized spacial score (nSPS) is 13.7. The molecule has 0 saturated heterocycles. The van der Waals surface area contributed by atoms with Crippen LogP contribution in [0.2, 0.25) is 62.5 Å². The summed E-state index contributed by atoms with van der Waals surface area (Å²) in [6.45, 7) is 9.14. The fourth-order valence-corrected chi connectivity index (χ4v) is 12.7. The minimum absolute atomic E-state index is 1.09. The van der Waals surface area contributed by atoms with E-state index in [9.17, 15) is 0 Å². The van der Waals surface area contributed by atoms with Gasteiger partial charge in [0.25, 0.3) is 0 Å². The van der Waals surface area contributed by atoms with E-state index in [1.807, 2.05) is 0 Å². The predicted molar refractivity (Wildman–Crippen MR) is 145 cm³/mol. The van der Waals surface area contributed by atoms with Crippen molar-refractivity contribution in [1.29, 1.82) is 0 Å². The smallest absolute Gasteiger partial charge is 0.334 e. The molecule has 0 unspecified atom stereocenters. The van der Waals surface area contributed by atoms with Gasteiger partial charge in [0.1, 0.15) is 0 Å². The maximum Gasteiger partial charge on any atom is 0.334 e. The third kappa shape index (κ3) is 12.9. The van der Waals surface area contributed by atoms with Gasteiger partial charge in [-0.1, -0.05) is 63.2 Å². The van der Waals surface area contributed by atoms with Crippen LogP contribution >= 0.6 is 0 Å². The zero-order valence-corrected chi connectivity index (χ0v) is 26.9. The number of hydrogen-bond acceptors (Lipinski definition) is 6. The molecule has 0 heterocycles. The first kappa shape index (κ1) is 32.6. The summed E-state index contributed by atoms with van der Waals surface area (Å²) in [5, 5.41) is 0. The lowest BCUT2D eigenvalue weighted by Crippen LogP contribution is -2.37. The van der Waals surface area contributed by atoms with Gasteiger partial charge in [-0.25, -0.2) is 0 Å². The average Bonchev–Trinajstić information content (AvgIpc) is 2.82. The van der Waals surface area contributed by atoms with E-state index in [4.69, 9.17) is 26.6 Å². The van der Waals surface area contributed by atoms with Crippen molar-refractivity contribution in [1.82, 2.24) is 0 Å². The number of unbranched alkanes of at least 4 members (excludes halogenated alkanes) is 3. The first-order valence-corrected chi connectivity index (χ1v) is 23.0. The quantitative estimate of drug-likeness (QED) is 0.126. The molecule has 194 valence electrons. The molecule has 32 heavy (non-hydrogen) atoms. The lowest BCUT2D eigenvalue weighted by molar-refractivity contribution is 0.248. The van der Waals surface area contributed by atoms with E-state index in [-0.39, 0.29) is 0 Å². The van der Waals surface area contributed by atoms with Gasteiger partial charge in [0.2, 0.25) is 0 Å². The molecule has 0 aromatic rings. The number of rotatable bonds is 21. The number of hydrogen-bond donors (Lipinski definition) is 0. The average molecular weight is 527 g/mol. The molecular weight excluding hydrogens is 473 g/mol. The van der Waals surface area contributed by atoms with Crippen molar-refractivity contribution in [2.75, 3.05) is 42.7 Å². The summed E-state index contributed by atoms with van der Waals surface area (Å²) < 4.78 is 34.0. The molecule has 6 nitrogen and oxygen atoms in total. The van der Waals surface area contributed by atoms with Crippen molar-refractivity contribution in [3.05, 3.63) is 0 Å². The Bertz CT molecular complexity index is 407. The van der Waals surface area contributed by atoms with Crippen LogP contribution in [0.15, 0.2) is 0 Å². The van der Waals surface area contributed by atoms with Gasteiger partial charge in [-0.05, 0) is 37.8 Å². The summed E-state index contributed by atoms with van der Waals surface area (Å²) in [6.07, 6.45) is 7.52. The first-order valence-electron chi connectivity index (χ1n) is 12.3. The van der Waals surface area contributed by atoms with Crippen molar-refractivity contribution in [3.63, 3.8) is 0 Å². The monoisotopic (exact) mass is 526 g/mol. The van der Waals surface area contributed by atoms with Gasteiger partial charge >= 0.3 is 25.7 Å². The molecule has 0 fully saturated rings. The Morgan fingerprint density at radius 3 is 0.719 bits per heavy atom. The summed E-state index contributed by atoms with van der Waals surface area (Å²) in [7, 11) is 3.63. The molecule has 0 aliphatic rings. The molecule has 0 radical (unpaired) electrons. The van der Waals surface area contributed by atoms with Crippen LogP contribution < -0.4 is 0 Å². The van der Waals surface area contributed by atoms with Crippen molar-refractivity contribution in [2.45, 2.75) is 101 Å². The Morgan fingerprint density at radius 2 is 0.531 bits per heavy atom. The molecule has 0 aliphatic carbocycles. The van der Waals surface area contributed by atoms with Crippen molar-refractivity contribution >= 4 is 33.8 Å². The van der Waals surface area contributed by atoms with E-state index in [0.29, 0.717) is 0 Å². The minimum atomic E-state index is -1.95. The molecule has 0 amide bonds. The Hall–Kier alpha value is 0.628. The van der Waals surface area contributed by atoms with Crippen molar-refractivity contribution in [3.8, 4) is 0 Å². The molecule has 0 rings (SSSR count). The molecule has 10 heteroatoms. The summed E-state index contributed by atoms with van der Waals surface area (Å²) >= 11 is 0. The molecule has 0 aromatic carbocycles. The topological polar surface area (TPSA) is 55.4 Å². The van der Waals surface area contributed by atoms with E-state index in [2.05, 4.69) is 26.2 Å². The SMILES string of the molecule is CO[Si](C)(CCCC[Si](C)(CCCC[Si](C)(OC)OC)CCCC[Si](C)(OC)OC)OC. The molecule has 0 N–H and O–H groups in total. The van der Waals surface area contributed by atoms with Crippen LogP contribution in [-0.4, -0.2) is 76.4 Å². The zero-order valence-electron chi connectivity index (χ0n) is 22.9. The Balaban J connectivity index is 4.74. The highest BCUT2D eigenvalue weighted by molar-refractivity contribution is 6.78. The van der Waals surface area contributed by atoms with Gasteiger partial charge in [0.05, 0.1) is 8.07 Å².